The Labute approximate surface area is 116 Å². The SMILES string of the molecule is O=[N+]([O-])[O-].OB(O)O.[Br-].[K+].[NH4+]. The molecular formula is H7BBrKN2O6. The molecule has 0 saturated carbocycles. The minimum Gasteiger partial charge on any atom is -1.00 e. The van der Waals surface area contributed by atoms with E-state index in [9.17, 15) is 0 Å². The number of nitrogens with zero attached hydrogens (tertiary/aromatic N) is 1. The van der Waals surface area contributed by atoms with Gasteiger partial charge in [0, 0.05) is 0 Å². The van der Waals surface area contributed by atoms with E-state index in [0.717, 1.165) is 0 Å². The molecule has 0 aromatic heterocycles. The molecule has 0 heterocycles. The first-order valence-electron chi connectivity index (χ1n) is 1.32. The molecule has 0 aliphatic rings. The van der Waals surface area contributed by atoms with Gasteiger partial charge in [-0.2, -0.15) is 0 Å². The second kappa shape index (κ2) is 22.5. The van der Waals surface area contributed by atoms with E-state index in [1.165, 1.54) is 0 Å². The molecule has 0 rings (SSSR count). The predicted molar refractivity (Wildman–Crippen MR) is 28.8 cm³/mol. The van der Waals surface area contributed by atoms with Crippen LogP contribution in [0.1, 0.15) is 0 Å². The topological polar surface area (TPSA) is 163 Å². The summed E-state index contributed by atoms with van der Waals surface area (Å²) in [6.07, 6.45) is 0. The largest absolute Gasteiger partial charge is 1.00 e. The molecule has 64 valence electrons. The van der Waals surface area contributed by atoms with Gasteiger partial charge in [0.2, 0.25) is 0 Å². The van der Waals surface area contributed by atoms with E-state index in [-0.39, 0.29) is 74.5 Å². The summed E-state index contributed by atoms with van der Waals surface area (Å²) in [5, 5.41) is 36.2. The van der Waals surface area contributed by atoms with E-state index in [0.29, 0.717) is 0 Å². The van der Waals surface area contributed by atoms with Crippen molar-refractivity contribution in [2.75, 3.05) is 0 Å². The fourth-order valence-corrected chi connectivity index (χ4v) is 0. The normalized spacial score (nSPS) is 4.64. The molecule has 0 bridgehead atoms. The van der Waals surface area contributed by atoms with Crippen LogP contribution in [0.5, 0.6) is 0 Å². The van der Waals surface area contributed by atoms with E-state index in [1.54, 1.807) is 0 Å². The van der Waals surface area contributed by atoms with Crippen LogP contribution in [0, 0.1) is 15.3 Å². The number of halogens is 1. The molecule has 0 fully saturated rings. The van der Waals surface area contributed by atoms with Crippen molar-refractivity contribution in [3.63, 3.8) is 0 Å². The fourth-order valence-electron chi connectivity index (χ4n) is 0. The summed E-state index contributed by atoms with van der Waals surface area (Å²) in [6, 6.07) is 0. The van der Waals surface area contributed by atoms with Crippen LogP contribution in [0.4, 0.5) is 0 Å². The first-order chi connectivity index (χ1) is 3.46. The molecular weight excluding hydrogens is 254 g/mol. The van der Waals surface area contributed by atoms with Crippen LogP contribution in [-0.2, 0) is 0 Å². The zero-order chi connectivity index (χ0) is 7.15. The summed E-state index contributed by atoms with van der Waals surface area (Å²) in [6.45, 7) is 0. The third kappa shape index (κ3) is 640. The third-order valence-corrected chi connectivity index (χ3v) is 0. The zero-order valence-electron chi connectivity index (χ0n) is 5.97. The van der Waals surface area contributed by atoms with Crippen LogP contribution in [0.2, 0.25) is 0 Å². The van der Waals surface area contributed by atoms with E-state index in [4.69, 9.17) is 30.4 Å². The van der Waals surface area contributed by atoms with E-state index in [1.807, 2.05) is 0 Å². The van der Waals surface area contributed by atoms with Gasteiger partial charge in [0.05, 0.1) is 5.09 Å². The van der Waals surface area contributed by atoms with Gasteiger partial charge in [-0.1, -0.05) is 0 Å². The van der Waals surface area contributed by atoms with Gasteiger partial charge >= 0.3 is 58.7 Å². The third-order valence-electron chi connectivity index (χ3n) is 0. The Balaban J connectivity index is -0.0000000171. The molecule has 11 heteroatoms. The number of quaternary nitrogens is 1. The average Bonchev–Trinajstić information content (AvgIpc) is 1.25. The van der Waals surface area contributed by atoms with Crippen molar-refractivity contribution in [2.45, 2.75) is 0 Å². The number of hydrogen-bond acceptors (Lipinski definition) is 6. The van der Waals surface area contributed by atoms with E-state index < -0.39 is 12.4 Å². The van der Waals surface area contributed by atoms with Gasteiger partial charge in [-0.15, -0.1) is 0 Å². The molecule has 0 aromatic rings. The first kappa shape index (κ1) is 29.5. The Hall–Kier alpha value is 1.22. The van der Waals surface area contributed by atoms with Gasteiger partial charge in [0.1, 0.15) is 0 Å². The molecule has 0 spiro atoms. The predicted octanol–water partition coefficient (Wildman–Crippen LogP) is -7.91. The van der Waals surface area contributed by atoms with Crippen LogP contribution in [0.15, 0.2) is 0 Å². The van der Waals surface area contributed by atoms with Crippen LogP contribution in [-0.4, -0.2) is 27.5 Å². The van der Waals surface area contributed by atoms with Crippen molar-refractivity contribution >= 4 is 7.32 Å². The minimum absolute atomic E-state index is 0. The van der Waals surface area contributed by atoms with Crippen LogP contribution in [0.3, 0.4) is 0 Å². The first-order valence-corrected chi connectivity index (χ1v) is 1.32. The zero-order valence-corrected chi connectivity index (χ0v) is 10.7. The molecule has 0 aliphatic heterocycles. The smallest absolute Gasteiger partial charge is 1.00 e. The minimum atomic E-state index is -2.17. The Kier molecular flexibility index (Phi) is 60.3. The molecule has 8 nitrogen and oxygen atoms in total. The van der Waals surface area contributed by atoms with Gasteiger partial charge < -0.3 is 53.5 Å². The molecule has 7 N–H and O–H groups in total. The standard InChI is InChI=1S/BH3O3.BrH.K.NO3.H3N/c2-1(3)4;;;2-1(3)4;/h2-4H;1H;;;1H3/q;;+1;-1;. The Morgan fingerprint density at radius 1 is 1.18 bits per heavy atom. The van der Waals surface area contributed by atoms with Crippen molar-refractivity contribution in [1.82, 2.24) is 6.15 Å². The molecule has 0 amide bonds. The molecule has 0 saturated heterocycles. The summed E-state index contributed by atoms with van der Waals surface area (Å²) in [4.78, 5) is 8.25. The molecule has 0 atom stereocenters. The summed E-state index contributed by atoms with van der Waals surface area (Å²) in [7, 11) is -2.17. The number of rotatable bonds is 0. The Morgan fingerprint density at radius 2 is 1.18 bits per heavy atom. The maximum absolute atomic E-state index is 8.25. The van der Waals surface area contributed by atoms with Crippen LogP contribution < -0.4 is 74.5 Å². The van der Waals surface area contributed by atoms with Crippen molar-refractivity contribution in [2.24, 2.45) is 0 Å². The monoisotopic (exact) mass is 260 g/mol. The number of hydrogen-bond donors (Lipinski definition) is 4. The summed E-state index contributed by atoms with van der Waals surface area (Å²) in [5.41, 5.74) is 0. The second-order valence-corrected chi connectivity index (χ2v) is 0.570. The van der Waals surface area contributed by atoms with E-state index >= 15 is 0 Å². The van der Waals surface area contributed by atoms with E-state index in [2.05, 4.69) is 0 Å². The molecule has 0 aromatic carbocycles. The molecule has 0 unspecified atom stereocenters. The summed E-state index contributed by atoms with van der Waals surface area (Å²) < 4.78 is 0. The van der Waals surface area contributed by atoms with Crippen molar-refractivity contribution in [1.29, 1.82) is 0 Å². The van der Waals surface area contributed by atoms with Crippen molar-refractivity contribution in [3.05, 3.63) is 15.3 Å². The average molecular weight is 261 g/mol. The summed E-state index contributed by atoms with van der Waals surface area (Å²) in [5.74, 6) is 0. The maximum Gasteiger partial charge on any atom is 1.00 e. The van der Waals surface area contributed by atoms with Crippen molar-refractivity contribution < 1.29 is 88.5 Å². The summed E-state index contributed by atoms with van der Waals surface area (Å²) >= 11 is 0. The van der Waals surface area contributed by atoms with Crippen molar-refractivity contribution in [3.8, 4) is 0 Å². The van der Waals surface area contributed by atoms with Gasteiger partial charge in [-0.05, 0) is 0 Å². The Bertz CT molecular complexity index is 64.8. The maximum atomic E-state index is 8.25. The van der Waals surface area contributed by atoms with Gasteiger partial charge in [-0.3, -0.25) is 0 Å². The molecule has 11 heavy (non-hydrogen) atoms. The Morgan fingerprint density at radius 3 is 1.18 bits per heavy atom. The van der Waals surface area contributed by atoms with Crippen LogP contribution >= 0.6 is 0 Å². The molecule has 0 aliphatic carbocycles. The van der Waals surface area contributed by atoms with Gasteiger partial charge in [0.25, 0.3) is 0 Å². The molecule has 0 radical (unpaired) electrons. The second-order valence-electron chi connectivity index (χ2n) is 0.570. The quantitative estimate of drug-likeness (QED) is 0.192. The fraction of sp³-hybridized carbons (Fsp3) is 0. The van der Waals surface area contributed by atoms with Gasteiger partial charge in [-0.25, -0.2) is 0 Å². The van der Waals surface area contributed by atoms with Gasteiger partial charge in [0.15, 0.2) is 0 Å². The van der Waals surface area contributed by atoms with Crippen LogP contribution in [0.25, 0.3) is 0 Å².